The normalized spacial score (nSPS) is 10.7. The smallest absolute Gasteiger partial charge is 0.344 e. The molecule has 0 saturated carbocycles. The Hall–Kier alpha value is -4.35. The van der Waals surface area contributed by atoms with Gasteiger partial charge in [-0.25, -0.2) is 18.2 Å². The lowest BCUT2D eigenvalue weighted by atomic mass is 10.2. The Balaban J connectivity index is 1.53. The number of rotatable bonds is 9. The molecule has 34 heavy (non-hydrogen) atoms. The lowest BCUT2D eigenvalue weighted by Crippen LogP contribution is -2.23. The number of sulfone groups is 1. The van der Waals surface area contributed by atoms with Crippen molar-refractivity contribution < 1.29 is 32.4 Å². The summed E-state index contributed by atoms with van der Waals surface area (Å²) in [5.41, 5.74) is -0.0262. The summed E-state index contributed by atoms with van der Waals surface area (Å²) in [7, 11) is -4.00. The minimum absolute atomic E-state index is 0.0549. The van der Waals surface area contributed by atoms with Crippen LogP contribution >= 0.6 is 11.3 Å². The van der Waals surface area contributed by atoms with Crippen LogP contribution in [-0.4, -0.2) is 43.4 Å². The summed E-state index contributed by atoms with van der Waals surface area (Å²) in [5, 5.41) is 22.0. The number of hydrogen-bond acceptors (Lipinski definition) is 11. The first-order chi connectivity index (χ1) is 16.2. The van der Waals surface area contributed by atoms with Crippen molar-refractivity contribution in [2.45, 2.75) is 9.10 Å². The summed E-state index contributed by atoms with van der Waals surface area (Å²) < 4.78 is 35.1. The number of nitro benzene ring substituents is 1. The van der Waals surface area contributed by atoms with Crippen LogP contribution in [0.4, 0.5) is 10.8 Å². The molecule has 1 amide bonds. The van der Waals surface area contributed by atoms with Gasteiger partial charge < -0.3 is 9.47 Å². The number of carbonyl (C=O) groups excluding carboxylic acids is 2. The number of esters is 1. The van der Waals surface area contributed by atoms with E-state index in [4.69, 9.17) is 14.7 Å². The Kier molecular flexibility index (Phi) is 7.51. The Morgan fingerprint density at radius 3 is 2.53 bits per heavy atom. The van der Waals surface area contributed by atoms with Gasteiger partial charge in [-0.3, -0.25) is 20.2 Å². The zero-order chi connectivity index (χ0) is 24.7. The van der Waals surface area contributed by atoms with Gasteiger partial charge in [-0.05, 0) is 24.3 Å². The van der Waals surface area contributed by atoms with Crippen LogP contribution in [0.1, 0.15) is 5.56 Å². The van der Waals surface area contributed by atoms with Crippen LogP contribution in [0.5, 0.6) is 5.75 Å². The molecule has 0 aliphatic rings. The van der Waals surface area contributed by atoms with E-state index in [-0.39, 0.29) is 31.2 Å². The second kappa shape index (κ2) is 10.5. The van der Waals surface area contributed by atoms with Crippen molar-refractivity contribution in [3.63, 3.8) is 0 Å². The number of nitrogens with one attached hydrogen (secondary N) is 1. The van der Waals surface area contributed by atoms with Gasteiger partial charge in [0.05, 0.1) is 21.6 Å². The van der Waals surface area contributed by atoms with Crippen molar-refractivity contribution in [2.75, 3.05) is 18.5 Å². The van der Waals surface area contributed by atoms with Crippen molar-refractivity contribution in [1.29, 1.82) is 5.26 Å². The standard InChI is InChI=1S/C20H14N4O8S2/c21-9-13-3-1-2-4-16(13)31-12-18(26)32-11-17(25)23-20-22-10-19(33-20)34(29,30)15-7-5-14(6-8-15)24(27)28/h1-8,10H,11-12H2,(H,22,23,25). The van der Waals surface area contributed by atoms with Crippen LogP contribution < -0.4 is 10.1 Å². The highest BCUT2D eigenvalue weighted by molar-refractivity contribution is 7.93. The van der Waals surface area contributed by atoms with E-state index in [1.165, 1.54) is 12.1 Å². The van der Waals surface area contributed by atoms with E-state index in [0.717, 1.165) is 30.5 Å². The first kappa shape index (κ1) is 24.3. The summed E-state index contributed by atoms with van der Waals surface area (Å²) in [6.07, 6.45) is 1.03. The van der Waals surface area contributed by atoms with Gasteiger partial charge in [0.1, 0.15) is 16.0 Å². The summed E-state index contributed by atoms with van der Waals surface area (Å²) in [5.74, 6) is -1.43. The van der Waals surface area contributed by atoms with Gasteiger partial charge in [0, 0.05) is 12.1 Å². The molecular formula is C20H14N4O8S2. The van der Waals surface area contributed by atoms with Crippen molar-refractivity contribution in [1.82, 2.24) is 4.98 Å². The third-order valence-corrected chi connectivity index (χ3v) is 7.21. The second-order valence-corrected chi connectivity index (χ2v) is 9.55. The number of nitriles is 1. The number of thiazole rings is 1. The number of hydrogen-bond donors (Lipinski definition) is 1. The molecular weight excluding hydrogens is 488 g/mol. The van der Waals surface area contributed by atoms with E-state index in [2.05, 4.69) is 10.3 Å². The molecule has 3 aromatic rings. The SMILES string of the molecule is N#Cc1ccccc1OCC(=O)OCC(=O)Nc1ncc(S(=O)(=O)c2ccc([N+](=O)[O-])cc2)s1. The number of carbonyl (C=O) groups is 2. The molecule has 0 bridgehead atoms. The quantitative estimate of drug-likeness (QED) is 0.259. The van der Waals surface area contributed by atoms with Crippen molar-refractivity contribution >= 4 is 43.9 Å². The number of anilines is 1. The van der Waals surface area contributed by atoms with E-state index in [1.807, 2.05) is 6.07 Å². The van der Waals surface area contributed by atoms with Crippen LogP contribution in [0.25, 0.3) is 0 Å². The molecule has 1 N–H and O–H groups in total. The van der Waals surface area contributed by atoms with E-state index < -0.39 is 39.9 Å². The predicted molar refractivity (Wildman–Crippen MR) is 117 cm³/mol. The summed E-state index contributed by atoms with van der Waals surface area (Å²) >= 11 is 0.659. The zero-order valence-electron chi connectivity index (χ0n) is 17.0. The van der Waals surface area contributed by atoms with E-state index in [9.17, 15) is 28.1 Å². The van der Waals surface area contributed by atoms with Gasteiger partial charge >= 0.3 is 5.97 Å². The molecule has 0 radical (unpaired) electrons. The van der Waals surface area contributed by atoms with Crippen LogP contribution in [0.2, 0.25) is 0 Å². The molecule has 14 heteroatoms. The van der Waals surface area contributed by atoms with E-state index in [1.54, 1.807) is 12.1 Å². The van der Waals surface area contributed by atoms with Crippen LogP contribution in [-0.2, 0) is 24.2 Å². The van der Waals surface area contributed by atoms with Gasteiger partial charge in [-0.1, -0.05) is 23.5 Å². The fraction of sp³-hybridized carbons (Fsp3) is 0.100. The summed E-state index contributed by atoms with van der Waals surface area (Å²) in [4.78, 5) is 37.5. The van der Waals surface area contributed by atoms with Crippen molar-refractivity contribution in [3.8, 4) is 11.8 Å². The monoisotopic (exact) mass is 502 g/mol. The maximum atomic E-state index is 12.6. The Morgan fingerprint density at radius 1 is 1.15 bits per heavy atom. The maximum Gasteiger partial charge on any atom is 0.344 e. The molecule has 0 aliphatic carbocycles. The zero-order valence-corrected chi connectivity index (χ0v) is 18.7. The number of para-hydroxylation sites is 1. The van der Waals surface area contributed by atoms with Gasteiger partial charge in [0.15, 0.2) is 18.3 Å². The van der Waals surface area contributed by atoms with Crippen LogP contribution in [0.15, 0.2) is 63.8 Å². The predicted octanol–water partition coefficient (Wildman–Crippen LogP) is 2.32. The van der Waals surface area contributed by atoms with E-state index in [0.29, 0.717) is 11.3 Å². The molecule has 0 atom stereocenters. The lowest BCUT2D eigenvalue weighted by molar-refractivity contribution is -0.384. The van der Waals surface area contributed by atoms with Crippen LogP contribution in [0.3, 0.4) is 0 Å². The highest BCUT2D eigenvalue weighted by Crippen LogP contribution is 2.29. The molecule has 0 saturated heterocycles. The number of non-ortho nitro benzene ring substituents is 1. The minimum atomic E-state index is -4.00. The van der Waals surface area contributed by atoms with Gasteiger partial charge in [-0.15, -0.1) is 0 Å². The number of amides is 1. The second-order valence-electron chi connectivity index (χ2n) is 6.34. The molecule has 1 heterocycles. The largest absolute Gasteiger partial charge is 0.481 e. The fourth-order valence-corrected chi connectivity index (χ4v) is 4.92. The summed E-state index contributed by atoms with van der Waals surface area (Å²) in [6, 6.07) is 12.5. The number of nitrogens with zero attached hydrogens (tertiary/aromatic N) is 3. The van der Waals surface area contributed by atoms with Gasteiger partial charge in [0.25, 0.3) is 11.6 Å². The maximum absolute atomic E-state index is 12.6. The third kappa shape index (κ3) is 5.91. The number of benzene rings is 2. The first-order valence-corrected chi connectivity index (χ1v) is 11.5. The molecule has 0 unspecified atom stereocenters. The molecule has 12 nitrogen and oxygen atoms in total. The molecule has 0 spiro atoms. The lowest BCUT2D eigenvalue weighted by Gasteiger charge is -2.07. The molecule has 0 aliphatic heterocycles. The number of nitro groups is 1. The first-order valence-electron chi connectivity index (χ1n) is 9.23. The Morgan fingerprint density at radius 2 is 1.85 bits per heavy atom. The van der Waals surface area contributed by atoms with Crippen molar-refractivity contribution in [2.24, 2.45) is 0 Å². The average molecular weight is 502 g/mol. The van der Waals surface area contributed by atoms with E-state index >= 15 is 0 Å². The molecule has 2 aromatic carbocycles. The average Bonchev–Trinajstić information content (AvgIpc) is 3.31. The fourth-order valence-electron chi connectivity index (χ4n) is 2.47. The topological polar surface area (TPSA) is 179 Å². The third-order valence-electron chi connectivity index (χ3n) is 4.07. The summed E-state index contributed by atoms with van der Waals surface area (Å²) in [6.45, 7) is -1.20. The molecule has 1 aromatic heterocycles. The van der Waals surface area contributed by atoms with Crippen molar-refractivity contribution in [3.05, 3.63) is 70.4 Å². The highest BCUT2D eigenvalue weighted by Gasteiger charge is 2.22. The Labute approximate surface area is 196 Å². The van der Waals surface area contributed by atoms with Gasteiger partial charge in [0.2, 0.25) is 9.84 Å². The number of aromatic nitrogens is 1. The van der Waals surface area contributed by atoms with Gasteiger partial charge in [-0.2, -0.15) is 5.26 Å². The highest BCUT2D eigenvalue weighted by atomic mass is 32.2. The Bertz CT molecular complexity index is 1380. The minimum Gasteiger partial charge on any atom is -0.481 e. The molecule has 174 valence electrons. The number of ether oxygens (including phenoxy) is 2. The van der Waals surface area contributed by atoms with Crippen LogP contribution in [0, 0.1) is 21.4 Å². The molecule has 0 fully saturated rings. The molecule has 3 rings (SSSR count).